The van der Waals surface area contributed by atoms with Gasteiger partial charge < -0.3 is 5.32 Å². The van der Waals surface area contributed by atoms with Crippen LogP contribution in [0.5, 0.6) is 0 Å². The Morgan fingerprint density at radius 3 is 2.05 bits per heavy atom. The lowest BCUT2D eigenvalue weighted by Crippen LogP contribution is -1.89. The summed E-state index contributed by atoms with van der Waals surface area (Å²) in [5.74, 6) is 0. The van der Waals surface area contributed by atoms with Gasteiger partial charge in [-0.3, -0.25) is 4.98 Å². The second kappa shape index (κ2) is 5.89. The largest absolute Gasteiger partial charge is 0.356 e. The fraction of sp³-hybridized carbons (Fsp3) is 0. The van der Waals surface area contributed by atoms with Crippen molar-refractivity contribution in [3.63, 3.8) is 0 Å². The van der Waals surface area contributed by atoms with Crippen LogP contribution in [0.1, 0.15) is 0 Å². The van der Waals surface area contributed by atoms with E-state index < -0.39 is 0 Å². The van der Waals surface area contributed by atoms with E-state index in [2.05, 4.69) is 15.1 Å². The van der Waals surface area contributed by atoms with Gasteiger partial charge in [0.05, 0.1) is 12.3 Å². The standard InChI is InChI=1S/C18H13N3/c1-19-15-9-11-17(12-10-15)21-16-7-5-14(6-8-16)18-4-2-3-13-20-18/h2-13,21H. The summed E-state index contributed by atoms with van der Waals surface area (Å²) in [4.78, 5) is 7.71. The summed E-state index contributed by atoms with van der Waals surface area (Å²) in [7, 11) is 0. The van der Waals surface area contributed by atoms with Gasteiger partial charge in [0.15, 0.2) is 5.69 Å². The Morgan fingerprint density at radius 1 is 0.810 bits per heavy atom. The molecule has 0 fully saturated rings. The van der Waals surface area contributed by atoms with Crippen LogP contribution >= 0.6 is 0 Å². The van der Waals surface area contributed by atoms with Gasteiger partial charge in [0.25, 0.3) is 0 Å². The summed E-state index contributed by atoms with van der Waals surface area (Å²) in [6.45, 7) is 6.94. The van der Waals surface area contributed by atoms with Gasteiger partial charge in [-0.2, -0.15) is 0 Å². The van der Waals surface area contributed by atoms with E-state index in [1.165, 1.54) is 0 Å². The van der Waals surface area contributed by atoms with Gasteiger partial charge >= 0.3 is 0 Å². The van der Waals surface area contributed by atoms with Gasteiger partial charge in [-0.25, -0.2) is 4.85 Å². The van der Waals surface area contributed by atoms with Crippen molar-refractivity contribution in [1.29, 1.82) is 0 Å². The number of benzene rings is 2. The van der Waals surface area contributed by atoms with Crippen molar-refractivity contribution in [3.8, 4) is 11.3 Å². The first-order valence-electron chi connectivity index (χ1n) is 6.61. The molecule has 0 spiro atoms. The molecule has 0 aliphatic heterocycles. The molecule has 0 aliphatic carbocycles. The van der Waals surface area contributed by atoms with Crippen LogP contribution in [0.15, 0.2) is 72.9 Å². The average molecular weight is 271 g/mol. The van der Waals surface area contributed by atoms with Gasteiger partial charge in [-0.1, -0.05) is 30.3 Å². The second-order valence-electron chi connectivity index (χ2n) is 4.58. The maximum absolute atomic E-state index is 6.94. The molecule has 0 unspecified atom stereocenters. The highest BCUT2D eigenvalue weighted by Gasteiger charge is 1.99. The summed E-state index contributed by atoms with van der Waals surface area (Å²) >= 11 is 0. The van der Waals surface area contributed by atoms with Gasteiger partial charge in [-0.15, -0.1) is 0 Å². The molecule has 1 heterocycles. The van der Waals surface area contributed by atoms with Crippen molar-refractivity contribution >= 4 is 17.1 Å². The number of nitrogens with one attached hydrogen (secondary N) is 1. The van der Waals surface area contributed by atoms with Gasteiger partial charge in [0.1, 0.15) is 0 Å². The first kappa shape index (κ1) is 12.9. The molecule has 0 bridgehead atoms. The van der Waals surface area contributed by atoms with Crippen LogP contribution in [0.2, 0.25) is 0 Å². The van der Waals surface area contributed by atoms with Crippen LogP contribution in [0, 0.1) is 6.57 Å². The Bertz CT molecular complexity index is 754. The molecular formula is C18H13N3. The monoisotopic (exact) mass is 271 g/mol. The van der Waals surface area contributed by atoms with E-state index in [1.807, 2.05) is 54.6 Å². The number of hydrogen-bond donors (Lipinski definition) is 1. The maximum atomic E-state index is 6.94. The molecule has 0 amide bonds. The molecule has 3 nitrogen and oxygen atoms in total. The highest BCUT2D eigenvalue weighted by molar-refractivity contribution is 5.67. The van der Waals surface area contributed by atoms with E-state index in [0.29, 0.717) is 5.69 Å². The molecule has 0 atom stereocenters. The second-order valence-corrected chi connectivity index (χ2v) is 4.58. The number of anilines is 2. The van der Waals surface area contributed by atoms with E-state index >= 15 is 0 Å². The number of hydrogen-bond acceptors (Lipinski definition) is 2. The van der Waals surface area contributed by atoms with Crippen LogP contribution in [-0.2, 0) is 0 Å². The van der Waals surface area contributed by atoms with Crippen LogP contribution < -0.4 is 5.32 Å². The fourth-order valence-electron chi connectivity index (χ4n) is 2.04. The quantitative estimate of drug-likeness (QED) is 0.676. The minimum atomic E-state index is 0.644. The van der Waals surface area contributed by atoms with Crippen molar-refractivity contribution in [3.05, 3.63) is 84.3 Å². The maximum Gasteiger partial charge on any atom is 0.187 e. The lowest BCUT2D eigenvalue weighted by Gasteiger charge is -2.07. The number of nitrogens with zero attached hydrogens (tertiary/aromatic N) is 2. The summed E-state index contributed by atoms with van der Waals surface area (Å²) < 4.78 is 0. The Morgan fingerprint density at radius 2 is 1.48 bits per heavy atom. The molecule has 0 aliphatic rings. The SMILES string of the molecule is [C-]#[N+]c1ccc(Nc2ccc(-c3ccccn3)cc2)cc1. The minimum absolute atomic E-state index is 0.644. The molecule has 100 valence electrons. The predicted molar refractivity (Wildman–Crippen MR) is 85.7 cm³/mol. The minimum Gasteiger partial charge on any atom is -0.356 e. The van der Waals surface area contributed by atoms with Crippen molar-refractivity contribution in [1.82, 2.24) is 4.98 Å². The summed E-state index contributed by atoms with van der Waals surface area (Å²) in [6.07, 6.45) is 1.79. The first-order chi connectivity index (χ1) is 10.3. The molecule has 1 aromatic heterocycles. The number of rotatable bonds is 3. The van der Waals surface area contributed by atoms with Crippen molar-refractivity contribution in [2.75, 3.05) is 5.32 Å². The van der Waals surface area contributed by atoms with E-state index in [-0.39, 0.29) is 0 Å². The average Bonchev–Trinajstić information content (AvgIpc) is 2.57. The molecule has 3 aromatic rings. The third-order valence-corrected chi connectivity index (χ3v) is 3.13. The van der Waals surface area contributed by atoms with Crippen molar-refractivity contribution in [2.24, 2.45) is 0 Å². The van der Waals surface area contributed by atoms with Gasteiger partial charge in [0.2, 0.25) is 0 Å². The normalized spacial score (nSPS) is 9.86. The Balaban J connectivity index is 1.76. The van der Waals surface area contributed by atoms with Gasteiger partial charge in [-0.05, 0) is 36.4 Å². The topological polar surface area (TPSA) is 29.3 Å². The Labute approximate surface area is 123 Å². The molecular weight excluding hydrogens is 258 g/mol. The lowest BCUT2D eigenvalue weighted by atomic mass is 10.1. The zero-order valence-electron chi connectivity index (χ0n) is 11.3. The van der Waals surface area contributed by atoms with Crippen molar-refractivity contribution < 1.29 is 0 Å². The smallest absolute Gasteiger partial charge is 0.187 e. The Hall–Kier alpha value is -3.12. The van der Waals surface area contributed by atoms with Crippen LogP contribution in [-0.4, -0.2) is 4.98 Å². The van der Waals surface area contributed by atoms with E-state index in [1.54, 1.807) is 18.3 Å². The Kier molecular flexibility index (Phi) is 3.62. The van der Waals surface area contributed by atoms with E-state index in [0.717, 1.165) is 22.6 Å². The molecule has 3 heteroatoms. The highest BCUT2D eigenvalue weighted by atomic mass is 14.9. The predicted octanol–water partition coefficient (Wildman–Crippen LogP) is 5.04. The zero-order valence-corrected chi connectivity index (χ0v) is 11.3. The molecule has 0 saturated carbocycles. The van der Waals surface area contributed by atoms with E-state index in [4.69, 9.17) is 6.57 Å². The molecule has 3 rings (SSSR count). The van der Waals surface area contributed by atoms with Gasteiger partial charge in [0, 0.05) is 23.1 Å². The number of pyridine rings is 1. The van der Waals surface area contributed by atoms with Crippen molar-refractivity contribution in [2.45, 2.75) is 0 Å². The number of aromatic nitrogens is 1. The van der Waals surface area contributed by atoms with Crippen LogP contribution in [0.25, 0.3) is 16.1 Å². The molecule has 0 saturated heterocycles. The summed E-state index contributed by atoms with van der Waals surface area (Å²) in [5, 5.41) is 3.31. The fourth-order valence-corrected chi connectivity index (χ4v) is 2.04. The molecule has 0 radical (unpaired) electrons. The molecule has 21 heavy (non-hydrogen) atoms. The molecule has 1 N–H and O–H groups in total. The third kappa shape index (κ3) is 3.07. The van der Waals surface area contributed by atoms with E-state index in [9.17, 15) is 0 Å². The zero-order chi connectivity index (χ0) is 14.5. The third-order valence-electron chi connectivity index (χ3n) is 3.13. The summed E-state index contributed by atoms with van der Waals surface area (Å²) in [6, 6.07) is 21.4. The summed E-state index contributed by atoms with van der Waals surface area (Å²) in [5.41, 5.74) is 4.67. The highest BCUT2D eigenvalue weighted by Crippen LogP contribution is 2.23. The van der Waals surface area contributed by atoms with Crippen LogP contribution in [0.3, 0.4) is 0 Å². The van der Waals surface area contributed by atoms with Crippen LogP contribution in [0.4, 0.5) is 17.1 Å². The lowest BCUT2D eigenvalue weighted by molar-refractivity contribution is 1.33. The molecule has 2 aromatic carbocycles. The first-order valence-corrected chi connectivity index (χ1v) is 6.61.